The highest BCUT2D eigenvalue weighted by Crippen LogP contribution is 2.42. The van der Waals surface area contributed by atoms with Crippen LogP contribution in [0.4, 0.5) is 0 Å². The Bertz CT molecular complexity index is 932. The third-order valence-corrected chi connectivity index (χ3v) is 7.45. The molecule has 0 saturated heterocycles. The summed E-state index contributed by atoms with van der Waals surface area (Å²) in [4.78, 5) is 14.4. The van der Waals surface area contributed by atoms with Crippen molar-refractivity contribution < 1.29 is 4.79 Å². The molecule has 2 heterocycles. The van der Waals surface area contributed by atoms with Crippen LogP contribution in [-0.4, -0.2) is 33.0 Å². The molecule has 1 aliphatic rings. The predicted octanol–water partition coefficient (Wildman–Crippen LogP) is 4.08. The summed E-state index contributed by atoms with van der Waals surface area (Å²) in [5, 5.41) is 20.5. The second-order valence-corrected chi connectivity index (χ2v) is 10.4. The Kier molecular flexibility index (Phi) is 6.81. The summed E-state index contributed by atoms with van der Waals surface area (Å²) < 4.78 is 2.01. The number of thioether (sulfide) groups is 1. The predicted molar refractivity (Wildman–Crippen MR) is 118 cm³/mol. The molecule has 0 aromatic carbocycles. The number of thiophene rings is 1. The number of hydrogen-bond donors (Lipinski definition) is 1. The van der Waals surface area contributed by atoms with Crippen LogP contribution in [0.5, 0.6) is 0 Å². The van der Waals surface area contributed by atoms with Gasteiger partial charge in [-0.1, -0.05) is 38.6 Å². The summed E-state index contributed by atoms with van der Waals surface area (Å²) in [6, 6.07) is 4.18. The smallest absolute Gasteiger partial charge is 0.231 e. The highest BCUT2D eigenvalue weighted by molar-refractivity contribution is 7.99. The van der Waals surface area contributed by atoms with Crippen molar-refractivity contribution in [2.45, 2.75) is 51.7 Å². The molecule has 0 spiro atoms. The number of aryl methyl sites for hydroxylation is 1. The lowest BCUT2D eigenvalue weighted by Gasteiger charge is -2.33. The van der Waals surface area contributed by atoms with Gasteiger partial charge < -0.3 is 5.32 Å². The molecule has 0 aliphatic heterocycles. The van der Waals surface area contributed by atoms with E-state index in [1.165, 1.54) is 28.6 Å². The average molecular weight is 430 g/mol. The Balaban J connectivity index is 1.80. The van der Waals surface area contributed by atoms with E-state index < -0.39 is 0 Å². The lowest BCUT2D eigenvalue weighted by Crippen LogP contribution is -2.26. The first kappa shape index (κ1) is 21.6. The zero-order chi connectivity index (χ0) is 21.0. The van der Waals surface area contributed by atoms with Crippen LogP contribution < -0.4 is 5.32 Å². The molecule has 0 saturated carbocycles. The summed E-state index contributed by atoms with van der Waals surface area (Å²) in [5.74, 6) is 1.54. The van der Waals surface area contributed by atoms with Crippen molar-refractivity contribution >= 4 is 29.0 Å². The van der Waals surface area contributed by atoms with Crippen LogP contribution in [0.2, 0.25) is 0 Å². The maximum absolute atomic E-state index is 11.8. The zero-order valence-corrected chi connectivity index (χ0v) is 18.8. The molecular formula is C21H27N5OS2. The van der Waals surface area contributed by atoms with Gasteiger partial charge in [-0.3, -0.25) is 9.36 Å². The first-order valence-corrected chi connectivity index (χ1v) is 11.6. The number of rotatable bonds is 7. The monoisotopic (exact) mass is 429 g/mol. The fourth-order valence-corrected chi connectivity index (χ4v) is 5.54. The van der Waals surface area contributed by atoms with Crippen LogP contribution >= 0.6 is 23.1 Å². The maximum Gasteiger partial charge on any atom is 0.231 e. The van der Waals surface area contributed by atoms with Gasteiger partial charge in [-0.2, -0.15) is 5.26 Å². The first-order chi connectivity index (χ1) is 13.8. The molecule has 0 fully saturated rings. The molecule has 2 aromatic heterocycles. The summed E-state index contributed by atoms with van der Waals surface area (Å²) in [6.45, 7) is 11.4. The second-order valence-electron chi connectivity index (χ2n) is 8.29. The number of nitrogens with zero attached hydrogens (tertiary/aromatic N) is 4. The van der Waals surface area contributed by atoms with E-state index in [1.54, 1.807) is 0 Å². The molecule has 1 atom stereocenters. The molecule has 1 amide bonds. The fourth-order valence-electron chi connectivity index (χ4n) is 3.56. The van der Waals surface area contributed by atoms with Crippen molar-refractivity contribution in [2.75, 3.05) is 12.3 Å². The molecule has 2 aromatic rings. The van der Waals surface area contributed by atoms with Gasteiger partial charge >= 0.3 is 0 Å². The Morgan fingerprint density at radius 2 is 2.31 bits per heavy atom. The molecule has 3 rings (SSSR count). The van der Waals surface area contributed by atoms with E-state index in [-0.39, 0.29) is 18.2 Å². The molecule has 1 N–H and O–H groups in total. The normalized spacial score (nSPS) is 16.1. The SMILES string of the molecule is C=CCn1c(SCC(=O)NCC#N)nnc1-c1cc2c(s1)CCC(C(C)(C)C)C2. The van der Waals surface area contributed by atoms with E-state index in [4.69, 9.17) is 5.26 Å². The average Bonchev–Trinajstić information content (AvgIpc) is 3.27. The van der Waals surface area contributed by atoms with E-state index in [2.05, 4.69) is 48.9 Å². The zero-order valence-electron chi connectivity index (χ0n) is 17.2. The van der Waals surface area contributed by atoms with Crippen LogP contribution in [-0.2, 0) is 24.2 Å². The van der Waals surface area contributed by atoms with Crippen molar-refractivity contribution in [2.24, 2.45) is 11.3 Å². The van der Waals surface area contributed by atoms with Crippen molar-refractivity contribution in [3.8, 4) is 16.8 Å². The number of hydrogen-bond acceptors (Lipinski definition) is 6. The number of fused-ring (bicyclic) bond motifs is 1. The molecule has 1 aliphatic carbocycles. The van der Waals surface area contributed by atoms with Crippen molar-refractivity contribution in [3.05, 3.63) is 29.2 Å². The van der Waals surface area contributed by atoms with Gasteiger partial charge in [0.05, 0.1) is 16.7 Å². The molecule has 154 valence electrons. The number of carbonyl (C=O) groups is 1. The van der Waals surface area contributed by atoms with Crippen LogP contribution in [0.15, 0.2) is 23.9 Å². The quantitative estimate of drug-likeness (QED) is 0.407. The summed E-state index contributed by atoms with van der Waals surface area (Å²) >= 11 is 3.13. The minimum atomic E-state index is -0.189. The molecule has 0 radical (unpaired) electrons. The molecule has 8 heteroatoms. The Labute approximate surface area is 180 Å². The van der Waals surface area contributed by atoms with Crippen molar-refractivity contribution in [1.29, 1.82) is 5.26 Å². The lowest BCUT2D eigenvalue weighted by atomic mass is 9.72. The van der Waals surface area contributed by atoms with Crippen LogP contribution in [0, 0.1) is 22.7 Å². The molecule has 6 nitrogen and oxygen atoms in total. The van der Waals surface area contributed by atoms with Gasteiger partial charge in [0.2, 0.25) is 5.91 Å². The molecule has 1 unspecified atom stereocenters. The van der Waals surface area contributed by atoms with Crippen LogP contribution in [0.1, 0.15) is 37.6 Å². The fraction of sp³-hybridized carbons (Fsp3) is 0.524. The lowest BCUT2D eigenvalue weighted by molar-refractivity contribution is -0.118. The Hall–Kier alpha value is -2.11. The third-order valence-electron chi connectivity index (χ3n) is 5.25. The number of amides is 1. The van der Waals surface area contributed by atoms with Gasteiger partial charge in [0.1, 0.15) is 6.54 Å². The van der Waals surface area contributed by atoms with Gasteiger partial charge in [0.15, 0.2) is 11.0 Å². The van der Waals surface area contributed by atoms with Crippen molar-refractivity contribution in [3.63, 3.8) is 0 Å². The second kappa shape index (κ2) is 9.14. The topological polar surface area (TPSA) is 83.6 Å². The van der Waals surface area contributed by atoms with Crippen LogP contribution in [0.25, 0.3) is 10.7 Å². The number of aromatic nitrogens is 3. The summed E-state index contributed by atoms with van der Waals surface area (Å²) in [6.07, 6.45) is 5.29. The van der Waals surface area contributed by atoms with Gasteiger partial charge in [0.25, 0.3) is 0 Å². The first-order valence-electron chi connectivity index (χ1n) is 9.76. The standard InChI is InChI=1S/C21H27N5OS2/c1-5-10-26-19(24-25-20(26)28-13-18(27)23-9-8-22)17-12-14-11-15(21(2,3)4)6-7-16(14)29-17/h5,12,15H,1,6-7,9-11,13H2,2-4H3,(H,23,27). The molecular weight excluding hydrogens is 402 g/mol. The number of nitriles is 1. The minimum absolute atomic E-state index is 0.0142. The minimum Gasteiger partial charge on any atom is -0.342 e. The van der Waals surface area contributed by atoms with Gasteiger partial charge in [-0.25, -0.2) is 0 Å². The van der Waals surface area contributed by atoms with E-state index in [9.17, 15) is 4.79 Å². The van der Waals surface area contributed by atoms with E-state index in [0.29, 0.717) is 23.0 Å². The number of carbonyl (C=O) groups excluding carboxylic acids is 1. The Morgan fingerprint density at radius 3 is 3.00 bits per heavy atom. The van der Waals surface area contributed by atoms with Gasteiger partial charge in [0, 0.05) is 11.4 Å². The summed E-state index contributed by atoms with van der Waals surface area (Å²) in [5.41, 5.74) is 1.76. The third kappa shape index (κ3) is 5.09. The van der Waals surface area contributed by atoms with E-state index in [0.717, 1.165) is 23.5 Å². The molecule has 0 bridgehead atoms. The van der Waals surface area contributed by atoms with Gasteiger partial charge in [-0.05, 0) is 42.2 Å². The highest BCUT2D eigenvalue weighted by atomic mass is 32.2. The molecule has 29 heavy (non-hydrogen) atoms. The van der Waals surface area contributed by atoms with E-state index in [1.807, 2.05) is 28.0 Å². The Morgan fingerprint density at radius 1 is 1.52 bits per heavy atom. The maximum atomic E-state index is 11.8. The van der Waals surface area contributed by atoms with E-state index >= 15 is 0 Å². The van der Waals surface area contributed by atoms with Crippen LogP contribution in [0.3, 0.4) is 0 Å². The highest BCUT2D eigenvalue weighted by Gasteiger charge is 2.30. The number of allylic oxidation sites excluding steroid dienone is 1. The van der Waals surface area contributed by atoms with Gasteiger partial charge in [-0.15, -0.1) is 28.1 Å². The number of nitrogens with one attached hydrogen (secondary N) is 1. The summed E-state index contributed by atoms with van der Waals surface area (Å²) in [7, 11) is 0. The van der Waals surface area contributed by atoms with Crippen molar-refractivity contribution in [1.82, 2.24) is 20.1 Å². The largest absolute Gasteiger partial charge is 0.342 e.